The Balaban J connectivity index is 1.60. The summed E-state index contributed by atoms with van der Waals surface area (Å²) in [5, 5.41) is 11.1. The molecule has 9 heteroatoms. The third-order valence-electron chi connectivity index (χ3n) is 7.79. The molecule has 0 bridgehead atoms. The number of anilines is 1. The van der Waals surface area contributed by atoms with Crippen molar-refractivity contribution in [2.75, 3.05) is 25.7 Å². The van der Waals surface area contributed by atoms with Crippen molar-refractivity contribution in [2.45, 2.75) is 45.7 Å². The number of methoxy groups -OCH3 is 2. The van der Waals surface area contributed by atoms with E-state index in [1.54, 1.807) is 18.2 Å². The van der Waals surface area contributed by atoms with E-state index in [0.717, 1.165) is 12.5 Å². The van der Waals surface area contributed by atoms with Gasteiger partial charge in [-0.05, 0) is 48.2 Å². The molecule has 1 N–H and O–H groups in total. The smallest absolute Gasteiger partial charge is 0.416 e. The van der Waals surface area contributed by atoms with E-state index in [0.29, 0.717) is 57.7 Å². The lowest BCUT2D eigenvalue weighted by Gasteiger charge is -2.30. The van der Waals surface area contributed by atoms with E-state index < -0.39 is 17.2 Å². The molecule has 2 aromatic carbocycles. The Morgan fingerprint density at radius 1 is 1.10 bits per heavy atom. The van der Waals surface area contributed by atoms with Gasteiger partial charge >= 0.3 is 6.18 Å². The molecule has 40 heavy (non-hydrogen) atoms. The van der Waals surface area contributed by atoms with Gasteiger partial charge in [0.15, 0.2) is 11.5 Å². The van der Waals surface area contributed by atoms with Gasteiger partial charge in [0.2, 0.25) is 5.78 Å². The maximum Gasteiger partial charge on any atom is 0.416 e. The van der Waals surface area contributed by atoms with Crippen LogP contribution in [0.4, 0.5) is 24.5 Å². The van der Waals surface area contributed by atoms with Crippen molar-refractivity contribution in [3.8, 4) is 11.5 Å². The number of nitrogens with zero attached hydrogens (tertiary/aromatic N) is 2. The third-order valence-corrected chi connectivity index (χ3v) is 7.79. The van der Waals surface area contributed by atoms with Gasteiger partial charge in [0, 0.05) is 46.8 Å². The quantitative estimate of drug-likeness (QED) is 0.381. The lowest BCUT2D eigenvalue weighted by atomic mass is 9.78. The first-order chi connectivity index (χ1) is 18.8. The number of aliphatic hydroxyl groups excluding tert-OH is 1. The molecule has 2 aromatic rings. The largest absolute Gasteiger partial charge is 0.506 e. The summed E-state index contributed by atoms with van der Waals surface area (Å²) < 4.78 is 51.4. The second kappa shape index (κ2) is 9.57. The number of aliphatic hydroxyl groups is 1. The van der Waals surface area contributed by atoms with Gasteiger partial charge in [-0.15, -0.1) is 0 Å². The number of carbonyl (C=O) groups excluding carboxylic acids is 1. The molecule has 0 spiro atoms. The maximum absolute atomic E-state index is 13.6. The molecule has 2 heterocycles. The lowest BCUT2D eigenvalue weighted by molar-refractivity contribution is -0.137. The first-order valence-corrected chi connectivity index (χ1v) is 13.0. The zero-order chi connectivity index (χ0) is 29.1. The molecule has 1 aliphatic carbocycles. The van der Waals surface area contributed by atoms with Crippen molar-refractivity contribution in [2.24, 2.45) is 10.9 Å². The zero-order valence-corrected chi connectivity index (χ0v) is 23.2. The van der Waals surface area contributed by atoms with Crippen molar-refractivity contribution in [1.29, 1.82) is 0 Å². The van der Waals surface area contributed by atoms with Crippen LogP contribution in [0.1, 0.15) is 50.8 Å². The second-order valence-electron chi connectivity index (χ2n) is 11.1. The molecule has 3 aliphatic rings. The van der Waals surface area contributed by atoms with Gasteiger partial charge in [-0.25, -0.2) is 0 Å². The molecule has 0 atom stereocenters. The molecule has 0 aromatic heterocycles. The number of ether oxygens (including phenoxy) is 2. The fraction of sp³-hybridized carbons (Fsp3) is 0.355. The number of benzene rings is 2. The van der Waals surface area contributed by atoms with E-state index in [2.05, 4.69) is 18.8 Å². The molecule has 210 valence electrons. The molecular weight excluding hydrogens is 521 g/mol. The first-order valence-electron chi connectivity index (χ1n) is 13.0. The normalized spacial score (nSPS) is 20.4. The maximum atomic E-state index is 13.6. The van der Waals surface area contributed by atoms with E-state index in [-0.39, 0.29) is 22.7 Å². The van der Waals surface area contributed by atoms with Gasteiger partial charge in [0.25, 0.3) is 0 Å². The van der Waals surface area contributed by atoms with Gasteiger partial charge in [-0.1, -0.05) is 27.7 Å². The summed E-state index contributed by atoms with van der Waals surface area (Å²) >= 11 is 0. The van der Waals surface area contributed by atoms with Crippen LogP contribution in [0.25, 0.3) is 5.57 Å². The van der Waals surface area contributed by atoms with E-state index in [1.807, 2.05) is 18.7 Å². The molecular formula is C31H31F3N2O4. The van der Waals surface area contributed by atoms with Crippen molar-refractivity contribution in [3.63, 3.8) is 0 Å². The summed E-state index contributed by atoms with van der Waals surface area (Å²) in [4.78, 5) is 19.8. The number of aliphatic imine (C=N–C) groups is 1. The van der Waals surface area contributed by atoms with Crippen molar-refractivity contribution in [3.05, 3.63) is 75.7 Å². The van der Waals surface area contributed by atoms with Crippen molar-refractivity contribution >= 4 is 28.9 Å². The van der Waals surface area contributed by atoms with Gasteiger partial charge < -0.3 is 19.5 Å². The molecule has 5 rings (SSSR count). The minimum Gasteiger partial charge on any atom is -0.506 e. The molecule has 2 aliphatic heterocycles. The Morgan fingerprint density at radius 3 is 2.38 bits per heavy atom. The zero-order valence-electron chi connectivity index (χ0n) is 23.2. The SMILES string of the molecule is COc1cc2c(cc1OC)C(=C1C(=O)C(C=C3N(CCC(C)C)c4ccc(C(F)(F)F)cc4C3(C)C)=C1O)C=N2. The van der Waals surface area contributed by atoms with Crippen LogP contribution < -0.4 is 14.4 Å². The highest BCUT2D eigenvalue weighted by molar-refractivity contribution is 6.33. The van der Waals surface area contributed by atoms with Crippen molar-refractivity contribution < 1.29 is 32.5 Å². The summed E-state index contributed by atoms with van der Waals surface area (Å²) in [7, 11) is 3.02. The van der Waals surface area contributed by atoms with Crippen LogP contribution in [0.15, 0.2) is 64.0 Å². The predicted octanol–water partition coefficient (Wildman–Crippen LogP) is 7.31. The summed E-state index contributed by atoms with van der Waals surface area (Å²) in [6.07, 6.45) is -0.532. The summed E-state index contributed by atoms with van der Waals surface area (Å²) in [5.74, 6) is 0.781. The minimum absolute atomic E-state index is 0.117. The molecule has 0 saturated heterocycles. The van der Waals surface area contributed by atoms with E-state index >= 15 is 0 Å². The number of Topliss-reactive ketones (excluding diaryl/α,β-unsaturated/α-hetero) is 1. The van der Waals surface area contributed by atoms with Gasteiger partial charge in [-0.2, -0.15) is 13.2 Å². The van der Waals surface area contributed by atoms with Gasteiger partial charge in [0.05, 0.1) is 36.6 Å². The molecule has 0 fully saturated rings. The number of rotatable bonds is 6. The lowest BCUT2D eigenvalue weighted by Crippen LogP contribution is -2.30. The summed E-state index contributed by atoms with van der Waals surface area (Å²) in [5.41, 5.74) is 2.25. The highest BCUT2D eigenvalue weighted by Crippen LogP contribution is 2.51. The Bertz CT molecular complexity index is 1540. The Hall–Kier alpha value is -4.01. The first kappa shape index (κ1) is 27.6. The Kier molecular flexibility index (Phi) is 6.59. The number of allylic oxidation sites excluding steroid dienone is 5. The monoisotopic (exact) mass is 552 g/mol. The number of ketones is 1. The molecule has 0 radical (unpaired) electrons. The van der Waals surface area contributed by atoms with Gasteiger partial charge in [0.1, 0.15) is 5.76 Å². The fourth-order valence-corrected chi connectivity index (χ4v) is 5.48. The van der Waals surface area contributed by atoms with Crippen LogP contribution in [0.3, 0.4) is 0 Å². The molecule has 0 amide bonds. The van der Waals surface area contributed by atoms with Crippen LogP contribution in [-0.4, -0.2) is 37.9 Å². The average molecular weight is 553 g/mol. The topological polar surface area (TPSA) is 71.4 Å². The van der Waals surface area contributed by atoms with E-state index in [9.17, 15) is 23.1 Å². The molecule has 0 saturated carbocycles. The van der Waals surface area contributed by atoms with Gasteiger partial charge in [-0.3, -0.25) is 9.79 Å². The Labute approximate surface area is 231 Å². The number of carbonyl (C=O) groups is 1. The van der Waals surface area contributed by atoms with E-state index in [4.69, 9.17) is 9.47 Å². The third kappa shape index (κ3) is 4.28. The number of hydrogen-bond donors (Lipinski definition) is 1. The number of hydrogen-bond acceptors (Lipinski definition) is 6. The minimum atomic E-state index is -4.47. The van der Waals surface area contributed by atoms with Crippen LogP contribution in [0.2, 0.25) is 0 Å². The molecule has 6 nitrogen and oxygen atoms in total. The Morgan fingerprint density at radius 2 is 1.77 bits per heavy atom. The fourth-order valence-electron chi connectivity index (χ4n) is 5.48. The summed E-state index contributed by atoms with van der Waals surface area (Å²) in [6, 6.07) is 7.19. The number of alkyl halides is 3. The van der Waals surface area contributed by atoms with Crippen LogP contribution in [-0.2, 0) is 16.4 Å². The standard InChI is InChI=1S/C31H31F3N2O4/c1-16(2)9-10-36-23-8-7-17(31(32,33)34)11-21(23)30(3,4)26(36)13-19-28(37)27(29(19)38)20-15-35-22-14-25(40-6)24(39-5)12-18(20)22/h7-8,11-16,37H,9-10H2,1-6H3. The van der Waals surface area contributed by atoms with Crippen molar-refractivity contribution in [1.82, 2.24) is 0 Å². The highest BCUT2D eigenvalue weighted by atomic mass is 19.4. The van der Waals surface area contributed by atoms with Crippen LogP contribution >= 0.6 is 0 Å². The highest BCUT2D eigenvalue weighted by Gasteiger charge is 2.45. The average Bonchev–Trinajstić information content (AvgIpc) is 3.39. The van der Waals surface area contributed by atoms with Crippen LogP contribution in [0, 0.1) is 5.92 Å². The van der Waals surface area contributed by atoms with E-state index in [1.165, 1.54) is 32.6 Å². The number of fused-ring (bicyclic) bond motifs is 2. The summed E-state index contributed by atoms with van der Waals surface area (Å²) in [6.45, 7) is 8.39. The predicted molar refractivity (Wildman–Crippen MR) is 149 cm³/mol. The second-order valence-corrected chi connectivity index (χ2v) is 11.1. The molecule has 0 unspecified atom stereocenters. The van der Waals surface area contributed by atoms with Crippen LogP contribution in [0.5, 0.6) is 11.5 Å². The number of halogens is 3.